The van der Waals surface area contributed by atoms with Crippen molar-refractivity contribution in [1.82, 2.24) is 10.3 Å². The molecule has 3 rings (SSSR count). The minimum Gasteiger partial charge on any atom is -0.468 e. The summed E-state index contributed by atoms with van der Waals surface area (Å²) in [4.78, 5) is 28.7. The van der Waals surface area contributed by atoms with Gasteiger partial charge in [-0.1, -0.05) is 0 Å². The van der Waals surface area contributed by atoms with Crippen molar-refractivity contribution >= 4 is 11.9 Å². The zero-order valence-electron chi connectivity index (χ0n) is 17.3. The third-order valence-corrected chi connectivity index (χ3v) is 5.07. The van der Waals surface area contributed by atoms with Crippen LogP contribution in [0.25, 0.3) is 0 Å². The van der Waals surface area contributed by atoms with Gasteiger partial charge < -0.3 is 24.2 Å². The first-order chi connectivity index (χ1) is 13.8. The van der Waals surface area contributed by atoms with Gasteiger partial charge in [0.25, 0.3) is 0 Å². The number of aromatic nitrogens is 1. The Morgan fingerprint density at radius 3 is 2.34 bits per heavy atom. The Morgan fingerprint density at radius 2 is 1.79 bits per heavy atom. The van der Waals surface area contributed by atoms with Crippen molar-refractivity contribution in [3.05, 3.63) is 69.7 Å². The molecule has 2 aromatic rings. The Kier molecular flexibility index (Phi) is 5.96. The summed E-state index contributed by atoms with van der Waals surface area (Å²) in [7, 11) is 1.31. The molecule has 0 radical (unpaired) electrons. The van der Waals surface area contributed by atoms with Crippen molar-refractivity contribution in [1.29, 1.82) is 0 Å². The highest BCUT2D eigenvalue weighted by Gasteiger charge is 2.39. The van der Waals surface area contributed by atoms with Gasteiger partial charge in [0.15, 0.2) is 0 Å². The Hall–Kier alpha value is -3.22. The Morgan fingerprint density at radius 1 is 1.10 bits per heavy atom. The van der Waals surface area contributed by atoms with Crippen molar-refractivity contribution in [3.63, 3.8) is 0 Å². The van der Waals surface area contributed by atoms with E-state index in [-0.39, 0.29) is 6.61 Å². The number of aromatic amines is 1. The average Bonchev–Trinajstić information content (AvgIpc) is 3.30. The van der Waals surface area contributed by atoms with Gasteiger partial charge >= 0.3 is 11.9 Å². The number of H-pyrrole nitrogens is 1. The van der Waals surface area contributed by atoms with Gasteiger partial charge in [-0.05, 0) is 51.5 Å². The number of methoxy groups -OCH3 is 1. The van der Waals surface area contributed by atoms with E-state index in [1.54, 1.807) is 26.0 Å². The van der Waals surface area contributed by atoms with E-state index >= 15 is 0 Å². The lowest BCUT2D eigenvalue weighted by Crippen LogP contribution is -2.32. The standard InChI is InChI=1S/C22H26N2O5/c1-12-11-16(13(2)23-12)8-10-29-22(26)19-15(4)24-14(3)18(21(25)27-5)20(19)17-7-6-9-28-17/h6-7,9,11,20,23-24H,8,10H2,1-5H3. The van der Waals surface area contributed by atoms with E-state index in [1.807, 2.05) is 19.9 Å². The molecule has 0 saturated heterocycles. The topological polar surface area (TPSA) is 93.6 Å². The number of esters is 2. The van der Waals surface area contributed by atoms with E-state index in [1.165, 1.54) is 13.4 Å². The average molecular weight is 398 g/mol. The second-order valence-electron chi connectivity index (χ2n) is 7.13. The van der Waals surface area contributed by atoms with Gasteiger partial charge in [-0.25, -0.2) is 9.59 Å². The molecule has 0 amide bonds. The number of allylic oxidation sites excluding steroid dienone is 2. The monoisotopic (exact) mass is 398 g/mol. The van der Waals surface area contributed by atoms with Crippen LogP contribution < -0.4 is 5.32 Å². The summed E-state index contributed by atoms with van der Waals surface area (Å²) in [5, 5.41) is 3.10. The van der Waals surface area contributed by atoms with E-state index in [0.29, 0.717) is 34.7 Å². The number of aryl methyl sites for hydroxylation is 2. The fourth-order valence-electron chi connectivity index (χ4n) is 3.76. The predicted octanol–water partition coefficient (Wildman–Crippen LogP) is 3.42. The smallest absolute Gasteiger partial charge is 0.336 e. The first kappa shape index (κ1) is 20.5. The van der Waals surface area contributed by atoms with E-state index in [4.69, 9.17) is 13.9 Å². The highest BCUT2D eigenvalue weighted by atomic mass is 16.5. The van der Waals surface area contributed by atoms with Crippen molar-refractivity contribution in [2.24, 2.45) is 0 Å². The van der Waals surface area contributed by atoms with Crippen LogP contribution in [0.1, 0.15) is 42.5 Å². The van der Waals surface area contributed by atoms with Crippen LogP contribution in [0.3, 0.4) is 0 Å². The summed E-state index contributed by atoms with van der Waals surface area (Å²) in [6.45, 7) is 7.76. The van der Waals surface area contributed by atoms with Crippen LogP contribution in [0.15, 0.2) is 51.4 Å². The summed E-state index contributed by atoms with van der Waals surface area (Å²) < 4.78 is 16.1. The molecule has 7 nitrogen and oxygen atoms in total. The van der Waals surface area contributed by atoms with Crippen LogP contribution in [0.4, 0.5) is 0 Å². The third kappa shape index (κ3) is 4.13. The number of furan rings is 1. The van der Waals surface area contributed by atoms with Crippen LogP contribution in [0, 0.1) is 13.8 Å². The van der Waals surface area contributed by atoms with Crippen molar-refractivity contribution in [3.8, 4) is 0 Å². The van der Waals surface area contributed by atoms with Gasteiger partial charge in [-0.3, -0.25) is 0 Å². The molecule has 7 heteroatoms. The van der Waals surface area contributed by atoms with Gasteiger partial charge in [0.2, 0.25) is 0 Å². The molecule has 2 N–H and O–H groups in total. The van der Waals surface area contributed by atoms with E-state index in [0.717, 1.165) is 17.0 Å². The van der Waals surface area contributed by atoms with E-state index in [2.05, 4.69) is 10.3 Å². The van der Waals surface area contributed by atoms with Crippen LogP contribution >= 0.6 is 0 Å². The second-order valence-corrected chi connectivity index (χ2v) is 7.13. The number of rotatable bonds is 6. The molecule has 0 spiro atoms. The number of hydrogen-bond acceptors (Lipinski definition) is 6. The summed E-state index contributed by atoms with van der Waals surface area (Å²) in [6.07, 6.45) is 2.11. The van der Waals surface area contributed by atoms with Crippen LogP contribution in [-0.2, 0) is 25.5 Å². The maximum Gasteiger partial charge on any atom is 0.336 e. The number of ether oxygens (including phenoxy) is 2. The largest absolute Gasteiger partial charge is 0.468 e. The molecule has 1 aliphatic rings. The Balaban J connectivity index is 1.85. The van der Waals surface area contributed by atoms with Crippen molar-refractivity contribution in [2.75, 3.05) is 13.7 Å². The van der Waals surface area contributed by atoms with Crippen molar-refractivity contribution in [2.45, 2.75) is 40.0 Å². The number of hydrogen-bond donors (Lipinski definition) is 2. The maximum absolute atomic E-state index is 13.0. The van der Waals surface area contributed by atoms with Crippen LogP contribution in [0.5, 0.6) is 0 Å². The van der Waals surface area contributed by atoms with Gasteiger partial charge in [0, 0.05) is 29.2 Å². The molecule has 1 unspecified atom stereocenters. The highest BCUT2D eigenvalue weighted by Crippen LogP contribution is 2.39. The maximum atomic E-state index is 13.0. The number of carbonyl (C=O) groups excluding carboxylic acids is 2. The minimum atomic E-state index is -0.692. The Bertz CT molecular complexity index is 979. The lowest BCUT2D eigenvalue weighted by atomic mass is 9.83. The van der Waals surface area contributed by atoms with E-state index < -0.39 is 17.9 Å². The first-order valence-corrected chi connectivity index (χ1v) is 9.46. The number of nitrogens with one attached hydrogen (secondary N) is 2. The second kappa shape index (κ2) is 8.43. The molecule has 0 aromatic carbocycles. The SMILES string of the molecule is COC(=O)C1=C(C)NC(C)=C(C(=O)OCCc2cc(C)[nH]c2C)C1c1ccco1. The molecule has 0 saturated carbocycles. The van der Waals surface area contributed by atoms with Crippen molar-refractivity contribution < 1.29 is 23.5 Å². The lowest BCUT2D eigenvalue weighted by Gasteiger charge is -2.28. The van der Waals surface area contributed by atoms with Gasteiger partial charge in [0.1, 0.15) is 5.76 Å². The minimum absolute atomic E-state index is 0.231. The van der Waals surface area contributed by atoms with Crippen LogP contribution in [0.2, 0.25) is 0 Å². The molecular formula is C22H26N2O5. The summed E-state index contributed by atoms with van der Waals surface area (Å²) in [5.74, 6) is -1.22. The Labute approximate surface area is 169 Å². The quantitative estimate of drug-likeness (QED) is 0.724. The molecule has 3 heterocycles. The predicted molar refractivity (Wildman–Crippen MR) is 107 cm³/mol. The fraction of sp³-hybridized carbons (Fsp3) is 0.364. The molecule has 154 valence electrons. The zero-order valence-corrected chi connectivity index (χ0v) is 17.3. The fourth-order valence-corrected chi connectivity index (χ4v) is 3.76. The molecule has 0 bridgehead atoms. The first-order valence-electron chi connectivity index (χ1n) is 9.46. The number of carbonyl (C=O) groups is 2. The van der Waals surface area contributed by atoms with E-state index in [9.17, 15) is 9.59 Å². The lowest BCUT2D eigenvalue weighted by molar-refractivity contribution is -0.139. The molecule has 29 heavy (non-hydrogen) atoms. The van der Waals surface area contributed by atoms with Gasteiger partial charge in [-0.2, -0.15) is 0 Å². The highest BCUT2D eigenvalue weighted by molar-refractivity contribution is 5.99. The summed E-state index contributed by atoms with van der Waals surface area (Å²) in [5.41, 5.74) is 5.15. The molecule has 0 aliphatic carbocycles. The molecule has 1 aliphatic heterocycles. The zero-order chi connectivity index (χ0) is 21.1. The summed E-state index contributed by atoms with van der Waals surface area (Å²) in [6, 6.07) is 5.50. The van der Waals surface area contributed by atoms with Crippen LogP contribution in [-0.4, -0.2) is 30.6 Å². The molecule has 1 atom stereocenters. The normalized spacial score (nSPS) is 16.7. The third-order valence-electron chi connectivity index (χ3n) is 5.07. The van der Waals surface area contributed by atoms with Gasteiger partial charge in [0.05, 0.1) is 37.0 Å². The molecular weight excluding hydrogens is 372 g/mol. The molecule has 2 aromatic heterocycles. The molecule has 0 fully saturated rings. The van der Waals surface area contributed by atoms with Gasteiger partial charge in [-0.15, -0.1) is 0 Å². The number of dihydropyridines is 1. The summed E-state index contributed by atoms with van der Waals surface area (Å²) >= 11 is 0.